The summed E-state index contributed by atoms with van der Waals surface area (Å²) in [5.41, 5.74) is 11.5. The SMILES string of the molecule is CC[N+](CC)=c1ccc2c(/C=C/C=C3/N(CCCCCC(=O)NCCNC(=O)O[C@@H]4[C@H](O)[C@@H](COP(=O)(O)OP(=O)(O)OP(=O)(O)O)O[C@H]4n4cnc5c(N)ncnc54)c4ccc(S(=O)(=O)O)cc4C3(C)C)c(C)c(-c3ccccc3)oc-2c1. The highest BCUT2D eigenvalue weighted by molar-refractivity contribution is 7.85. The van der Waals surface area contributed by atoms with Crippen molar-refractivity contribution in [2.75, 3.05) is 50.0 Å². The molecule has 0 spiro atoms. The van der Waals surface area contributed by atoms with E-state index in [4.69, 9.17) is 29.4 Å². The number of carbonyl (C=O) groups is 2. The lowest BCUT2D eigenvalue weighted by Gasteiger charge is -2.27. The number of unbranched alkanes of at least 4 members (excludes halogenated alkanes) is 2. The maximum atomic E-state index is 13.2. The molecule has 4 aliphatic rings. The number of fused-ring (bicyclic) bond motifs is 3. The van der Waals surface area contributed by atoms with Crippen LogP contribution in [0.4, 0.5) is 16.3 Å². The molecule has 84 heavy (non-hydrogen) atoms. The highest BCUT2D eigenvalue weighted by Crippen LogP contribution is 2.66. The third-order valence-electron chi connectivity index (χ3n) is 14.1. The van der Waals surface area contributed by atoms with Crippen molar-refractivity contribution in [1.29, 1.82) is 0 Å². The smallest absolute Gasteiger partial charge is 0.456 e. The second kappa shape index (κ2) is 26.0. The number of aliphatic hydroxyl groups is 1. The van der Waals surface area contributed by atoms with E-state index in [9.17, 15) is 51.1 Å². The average Bonchev–Trinajstić information content (AvgIpc) is 1.93. The normalized spacial score (nSPS) is 19.8. The number of nitrogens with zero attached hydrogens (tertiary/aromatic N) is 6. The van der Waals surface area contributed by atoms with Crippen LogP contribution in [-0.4, -0.2) is 127 Å². The molecule has 4 aromatic rings. The molecule has 0 bridgehead atoms. The molecule has 452 valence electrons. The van der Waals surface area contributed by atoms with Crippen LogP contribution in [0.5, 0.6) is 0 Å². The molecule has 32 heteroatoms. The minimum absolute atomic E-state index is 0.0446. The Bertz CT molecular complexity index is 3790. The van der Waals surface area contributed by atoms with Crippen molar-refractivity contribution in [1.82, 2.24) is 34.7 Å². The van der Waals surface area contributed by atoms with Crippen LogP contribution >= 0.6 is 23.5 Å². The second-order valence-electron chi connectivity index (χ2n) is 20.0. The third-order valence-corrected chi connectivity index (χ3v) is 18.7. The quantitative estimate of drug-likeness (QED) is 0.0147. The van der Waals surface area contributed by atoms with Crippen molar-refractivity contribution in [3.05, 3.63) is 119 Å². The van der Waals surface area contributed by atoms with Crippen LogP contribution in [0.25, 0.3) is 39.9 Å². The predicted molar refractivity (Wildman–Crippen MR) is 305 cm³/mol. The molecular formula is C52H65N9O19P3S+. The minimum Gasteiger partial charge on any atom is -0.456 e. The number of allylic oxidation sites excluding steroid dienone is 3. The maximum Gasteiger partial charge on any atom is 0.490 e. The molecule has 1 saturated heterocycles. The molecule has 3 aliphatic heterocycles. The zero-order chi connectivity index (χ0) is 60.9. The number of phosphoric ester groups is 1. The number of rotatable bonds is 24. The van der Waals surface area contributed by atoms with Gasteiger partial charge in [-0.1, -0.05) is 62.8 Å². The van der Waals surface area contributed by atoms with Gasteiger partial charge in [0, 0.05) is 65.6 Å². The van der Waals surface area contributed by atoms with Gasteiger partial charge in [-0.05, 0) is 75.1 Å². The Morgan fingerprint density at radius 3 is 2.35 bits per heavy atom. The van der Waals surface area contributed by atoms with Gasteiger partial charge in [-0.2, -0.15) is 17.0 Å². The second-order valence-corrected chi connectivity index (χ2v) is 25.9. The summed E-state index contributed by atoms with van der Waals surface area (Å²) in [4.78, 5) is 77.4. The molecule has 28 nitrogen and oxygen atoms in total. The van der Waals surface area contributed by atoms with Crippen molar-refractivity contribution in [3.63, 3.8) is 0 Å². The van der Waals surface area contributed by atoms with Gasteiger partial charge < -0.3 is 59.8 Å². The van der Waals surface area contributed by atoms with Gasteiger partial charge in [0.15, 0.2) is 23.8 Å². The van der Waals surface area contributed by atoms with Gasteiger partial charge in [-0.3, -0.25) is 18.4 Å². The molecular weight excluding hydrogens is 1180 g/mol. The molecule has 1 fully saturated rings. The summed E-state index contributed by atoms with van der Waals surface area (Å²) in [5, 5.41) is 17.5. The van der Waals surface area contributed by atoms with Gasteiger partial charge in [0.1, 0.15) is 48.7 Å². The molecule has 2 unspecified atom stereocenters. The number of aromatic nitrogens is 4. The van der Waals surface area contributed by atoms with Crippen LogP contribution in [0.3, 0.4) is 0 Å². The Morgan fingerprint density at radius 1 is 0.917 bits per heavy atom. The lowest BCUT2D eigenvalue weighted by atomic mass is 9.83. The van der Waals surface area contributed by atoms with Crippen molar-refractivity contribution in [2.24, 2.45) is 0 Å². The number of alkyl carbamates (subject to hydrolysis) is 1. The van der Waals surface area contributed by atoms with Crippen molar-refractivity contribution < 1.29 is 88.0 Å². The molecule has 1 aliphatic carbocycles. The van der Waals surface area contributed by atoms with E-state index in [1.54, 1.807) is 6.07 Å². The van der Waals surface area contributed by atoms with Crippen LogP contribution in [0.15, 0.2) is 107 Å². The van der Waals surface area contributed by atoms with Gasteiger partial charge in [0.2, 0.25) is 11.3 Å². The predicted octanol–water partition coefficient (Wildman–Crippen LogP) is 5.91. The van der Waals surface area contributed by atoms with E-state index in [1.807, 2.05) is 63.3 Å². The fraction of sp³-hybridized carbons (Fsp3) is 0.385. The van der Waals surface area contributed by atoms with E-state index in [-0.39, 0.29) is 47.3 Å². The van der Waals surface area contributed by atoms with E-state index in [1.165, 1.54) is 23.0 Å². The number of phosphoric acid groups is 3. The molecule has 10 N–H and O–H groups in total. The van der Waals surface area contributed by atoms with Crippen LogP contribution < -0.4 is 31.2 Å². The van der Waals surface area contributed by atoms with Gasteiger partial charge in [0.25, 0.3) is 10.1 Å². The number of anilines is 2. The standard InChI is InChI=1S/C52H64N9O19P3S/c1-6-59(7-2)34-20-22-37-36(32(3)46(76-40(37)27-34)33-15-10-8-11-16-33)17-14-18-42-52(4,5)38-28-35(84(72,73)74)21-23-39(38)60(42)26-13-9-12-19-43(62)54-24-25-55-51(64)78-47-45(63)41(29-75-82(68,69)80-83(70,71)79-81(65,66)67)77-50(47)61-31-58-44-48(53)56-30-57-49(44)61/h8,10-11,14-18,20-23,27-28,30-31,41,45,47,50,63H,6-7,9,12-13,19,24-26,29H2,1-5H3,(H8-,53,54,55,56,57,62,64,65,66,67,68,69,70,71,72,73,74)/p+1/t41-,45-,47-,50-/m1/s1. The Morgan fingerprint density at radius 2 is 1.64 bits per heavy atom. The Labute approximate surface area is 482 Å². The summed E-state index contributed by atoms with van der Waals surface area (Å²) in [5.74, 6) is 1.11. The lowest BCUT2D eigenvalue weighted by Crippen LogP contribution is -2.41. The highest BCUT2D eigenvalue weighted by Gasteiger charge is 2.50. The number of nitrogens with two attached hydrogens (primary N) is 1. The summed E-state index contributed by atoms with van der Waals surface area (Å²) in [7, 11) is -21.7. The first-order valence-corrected chi connectivity index (χ1v) is 32.3. The molecule has 0 saturated carbocycles. The molecule has 5 heterocycles. The largest absolute Gasteiger partial charge is 0.490 e. The molecule has 2 aromatic heterocycles. The number of hydrogen-bond acceptors (Lipinski definition) is 19. The average molecular weight is 1250 g/mol. The van der Waals surface area contributed by atoms with E-state index >= 15 is 0 Å². The van der Waals surface area contributed by atoms with Crippen LogP contribution in [-0.2, 0) is 56.6 Å². The lowest BCUT2D eigenvalue weighted by molar-refractivity contribution is -0.121. The number of ether oxygens (including phenoxy) is 2. The topological polar surface area (TPSA) is 400 Å². The van der Waals surface area contributed by atoms with E-state index in [0.717, 1.165) is 69.9 Å². The Kier molecular flexibility index (Phi) is 19.6. The maximum absolute atomic E-state index is 13.2. The molecule has 8 rings (SSSR count). The zero-order valence-electron chi connectivity index (χ0n) is 46.1. The summed E-state index contributed by atoms with van der Waals surface area (Å²) < 4.78 is 104. The monoisotopic (exact) mass is 1240 g/mol. The molecule has 6 atom stereocenters. The Balaban J connectivity index is 0.889. The van der Waals surface area contributed by atoms with Gasteiger partial charge in [-0.15, -0.1) is 0 Å². The minimum atomic E-state index is -5.88. The number of imidazole rings is 1. The van der Waals surface area contributed by atoms with E-state index in [0.29, 0.717) is 31.4 Å². The number of aliphatic hydroxyl groups excluding tert-OH is 1. The number of nitrogens with one attached hydrogen (secondary N) is 2. The van der Waals surface area contributed by atoms with Gasteiger partial charge >= 0.3 is 29.6 Å². The number of nitrogen functional groups attached to an aromatic ring is 1. The summed E-state index contributed by atoms with van der Waals surface area (Å²) in [6.07, 6.45) is 2.43. The number of benzene rings is 3. The first-order chi connectivity index (χ1) is 39.6. The number of amides is 2. The van der Waals surface area contributed by atoms with Crippen LogP contribution in [0.2, 0.25) is 0 Å². The van der Waals surface area contributed by atoms with Crippen molar-refractivity contribution >= 4 is 74.3 Å². The number of hydrogen-bond donors (Lipinski definition) is 9. The summed E-state index contributed by atoms with van der Waals surface area (Å²) in [6.45, 7) is 11.1. The summed E-state index contributed by atoms with van der Waals surface area (Å²) >= 11 is 0. The van der Waals surface area contributed by atoms with Gasteiger partial charge in [0.05, 0.1) is 23.9 Å². The first-order valence-electron chi connectivity index (χ1n) is 26.4. The van der Waals surface area contributed by atoms with Crippen molar-refractivity contribution in [2.45, 2.75) is 95.2 Å². The first kappa shape index (κ1) is 63.5. The molecule has 2 amide bonds. The van der Waals surface area contributed by atoms with Crippen molar-refractivity contribution in [3.8, 4) is 22.6 Å². The molecule has 2 aromatic carbocycles. The Hall–Kier alpha value is -6.52. The number of carbonyl (C=O) groups excluding carboxylic acids is 2. The van der Waals surface area contributed by atoms with Gasteiger partial charge in [-0.25, -0.2) is 38.0 Å². The summed E-state index contributed by atoms with van der Waals surface area (Å²) in [6, 6.07) is 20.7. The van der Waals surface area contributed by atoms with E-state index < -0.39 is 76.2 Å². The zero-order valence-corrected chi connectivity index (χ0v) is 49.6. The fourth-order valence-corrected chi connectivity index (χ4v) is 13.6. The highest BCUT2D eigenvalue weighted by atomic mass is 32.2. The van der Waals surface area contributed by atoms with Crippen LogP contribution in [0, 0.1) is 6.92 Å². The molecule has 0 radical (unpaired) electrons. The third kappa shape index (κ3) is 14.9. The van der Waals surface area contributed by atoms with E-state index in [2.05, 4.69) is 86.3 Å². The van der Waals surface area contributed by atoms with Crippen LogP contribution in [0.1, 0.15) is 76.3 Å². The fourth-order valence-electron chi connectivity index (χ4n) is 10.1.